The lowest BCUT2D eigenvalue weighted by atomic mass is 10.1. The lowest BCUT2D eigenvalue weighted by Gasteiger charge is -2.10. The average Bonchev–Trinajstić information content (AvgIpc) is 2.46. The lowest BCUT2D eigenvalue weighted by Crippen LogP contribution is -2.30. The van der Waals surface area contributed by atoms with Gasteiger partial charge in [-0.1, -0.05) is 12.1 Å². The molecule has 0 unspecified atom stereocenters. The van der Waals surface area contributed by atoms with Crippen molar-refractivity contribution in [2.75, 3.05) is 7.11 Å². The van der Waals surface area contributed by atoms with Crippen molar-refractivity contribution >= 4 is 11.7 Å². The predicted octanol–water partition coefficient (Wildman–Crippen LogP) is 2.77. The smallest absolute Gasteiger partial charge is 0.256 e. The molecule has 0 aliphatic rings. The largest absolute Gasteiger partial charge is 0.496 e. The van der Waals surface area contributed by atoms with Crippen LogP contribution in [-0.2, 0) is 0 Å². The van der Waals surface area contributed by atoms with Gasteiger partial charge in [0.15, 0.2) is 0 Å². The highest BCUT2D eigenvalue weighted by Gasteiger charge is 2.12. The van der Waals surface area contributed by atoms with Crippen LogP contribution < -0.4 is 10.1 Å². The van der Waals surface area contributed by atoms with E-state index in [-0.39, 0.29) is 11.7 Å². The van der Waals surface area contributed by atoms with Gasteiger partial charge in [0.1, 0.15) is 11.6 Å². The van der Waals surface area contributed by atoms with Crippen LogP contribution in [0.25, 0.3) is 0 Å². The van der Waals surface area contributed by atoms with E-state index in [2.05, 4.69) is 10.3 Å². The first-order valence-electron chi connectivity index (χ1n) is 6.91. The molecule has 2 N–H and O–H groups in total. The van der Waals surface area contributed by atoms with Crippen molar-refractivity contribution in [1.82, 2.24) is 10.3 Å². The van der Waals surface area contributed by atoms with Crippen LogP contribution >= 0.6 is 0 Å². The number of nitrogens with zero attached hydrogens (tertiary/aromatic N) is 1. The molecule has 0 fully saturated rings. The molecule has 2 rings (SSSR count). The molecule has 0 aliphatic carbocycles. The van der Waals surface area contributed by atoms with Crippen molar-refractivity contribution in [3.8, 4) is 5.75 Å². The first kappa shape index (κ1) is 15.7. The molecular weight excluding hydrogens is 278 g/mol. The number of ether oxygens (including phenoxy) is 1. The zero-order valence-corrected chi connectivity index (χ0v) is 13.2. The summed E-state index contributed by atoms with van der Waals surface area (Å²) in [6, 6.07) is 8.77. The number of methoxy groups -OCH3 is 1. The van der Waals surface area contributed by atoms with Gasteiger partial charge in [-0.15, -0.1) is 0 Å². The summed E-state index contributed by atoms with van der Waals surface area (Å²) >= 11 is 0. The quantitative estimate of drug-likeness (QED) is 0.675. The van der Waals surface area contributed by atoms with Gasteiger partial charge in [-0.2, -0.15) is 0 Å². The summed E-state index contributed by atoms with van der Waals surface area (Å²) in [6.45, 7) is 5.59. The Morgan fingerprint density at radius 2 is 1.73 bits per heavy atom. The normalized spacial score (nSPS) is 10.2. The number of aromatic nitrogens is 1. The van der Waals surface area contributed by atoms with Gasteiger partial charge in [0.25, 0.3) is 5.91 Å². The molecule has 1 heterocycles. The molecule has 1 aromatic heterocycles. The van der Waals surface area contributed by atoms with E-state index in [0.717, 1.165) is 17.0 Å². The van der Waals surface area contributed by atoms with Gasteiger partial charge in [0, 0.05) is 22.5 Å². The van der Waals surface area contributed by atoms with Gasteiger partial charge < -0.3 is 10.1 Å². The monoisotopic (exact) mass is 297 g/mol. The maximum absolute atomic E-state index is 12.2. The highest BCUT2D eigenvalue weighted by atomic mass is 16.5. The van der Waals surface area contributed by atoms with Gasteiger partial charge in [-0.3, -0.25) is 15.2 Å². The fourth-order valence-corrected chi connectivity index (χ4v) is 2.20. The van der Waals surface area contributed by atoms with Crippen LogP contribution in [0.2, 0.25) is 0 Å². The molecule has 5 nitrogen and oxygen atoms in total. The minimum absolute atomic E-state index is 0.0374. The third-order valence-electron chi connectivity index (χ3n) is 3.28. The topological polar surface area (TPSA) is 75.1 Å². The number of nitrogens with one attached hydrogen (secondary N) is 2. The number of carbonyl (C=O) groups excluding carboxylic acids is 1. The Morgan fingerprint density at radius 3 is 2.32 bits per heavy atom. The maximum Gasteiger partial charge on any atom is 0.256 e. The van der Waals surface area contributed by atoms with Gasteiger partial charge in [0.2, 0.25) is 0 Å². The number of rotatable bonds is 3. The van der Waals surface area contributed by atoms with Crippen molar-refractivity contribution in [2.45, 2.75) is 20.8 Å². The molecular formula is C17H19N3O2. The Labute approximate surface area is 129 Å². The highest BCUT2D eigenvalue weighted by molar-refractivity contribution is 6.11. The molecule has 5 heteroatoms. The molecule has 0 radical (unpaired) electrons. The first-order valence-corrected chi connectivity index (χ1v) is 6.91. The fraction of sp³-hybridized carbons (Fsp3) is 0.235. The van der Waals surface area contributed by atoms with Gasteiger partial charge in [-0.05, 0) is 44.5 Å². The highest BCUT2D eigenvalue weighted by Crippen LogP contribution is 2.19. The second-order valence-electron chi connectivity index (χ2n) is 5.15. The summed E-state index contributed by atoms with van der Waals surface area (Å²) in [7, 11) is 1.58. The third kappa shape index (κ3) is 3.49. The Kier molecular flexibility index (Phi) is 4.56. The molecule has 0 saturated carbocycles. The van der Waals surface area contributed by atoms with Gasteiger partial charge in [0.05, 0.1) is 7.11 Å². The van der Waals surface area contributed by atoms with Crippen LogP contribution in [0.4, 0.5) is 0 Å². The van der Waals surface area contributed by atoms with E-state index in [1.807, 2.05) is 26.8 Å². The second-order valence-corrected chi connectivity index (χ2v) is 5.15. The van der Waals surface area contributed by atoms with Crippen LogP contribution in [-0.4, -0.2) is 23.8 Å². The number of benzene rings is 1. The SMILES string of the molecule is COc1cc(C(=N)NC(=O)c2cc(C)nc(C)c2)ccc1C. The molecule has 114 valence electrons. The Hall–Kier alpha value is -2.69. The molecule has 0 spiro atoms. The zero-order chi connectivity index (χ0) is 16.3. The van der Waals surface area contributed by atoms with Crippen molar-refractivity contribution in [3.63, 3.8) is 0 Å². The number of pyridine rings is 1. The van der Waals surface area contributed by atoms with E-state index in [0.29, 0.717) is 16.9 Å². The fourth-order valence-electron chi connectivity index (χ4n) is 2.20. The Balaban J connectivity index is 2.19. The number of amides is 1. The zero-order valence-electron chi connectivity index (χ0n) is 13.2. The van der Waals surface area contributed by atoms with Gasteiger partial charge in [-0.25, -0.2) is 0 Å². The van der Waals surface area contributed by atoms with Crippen LogP contribution in [0.1, 0.15) is 32.9 Å². The number of carbonyl (C=O) groups is 1. The summed E-state index contributed by atoms with van der Waals surface area (Å²) in [5, 5.41) is 10.7. The number of amidine groups is 1. The molecule has 0 saturated heterocycles. The van der Waals surface area contributed by atoms with Crippen molar-refractivity contribution in [1.29, 1.82) is 5.41 Å². The summed E-state index contributed by atoms with van der Waals surface area (Å²) in [5.74, 6) is 0.403. The maximum atomic E-state index is 12.2. The summed E-state index contributed by atoms with van der Waals surface area (Å²) < 4.78 is 5.24. The summed E-state index contributed by atoms with van der Waals surface area (Å²) in [6.07, 6.45) is 0. The van der Waals surface area contributed by atoms with Crippen molar-refractivity contribution in [2.24, 2.45) is 0 Å². The van der Waals surface area contributed by atoms with E-state index in [4.69, 9.17) is 10.1 Å². The molecule has 0 aliphatic heterocycles. The molecule has 2 aromatic rings. The molecule has 0 bridgehead atoms. The van der Waals surface area contributed by atoms with E-state index in [9.17, 15) is 4.79 Å². The van der Waals surface area contributed by atoms with Gasteiger partial charge >= 0.3 is 0 Å². The first-order chi connectivity index (χ1) is 10.4. The lowest BCUT2D eigenvalue weighted by molar-refractivity contribution is 0.0976. The second kappa shape index (κ2) is 6.39. The molecule has 1 amide bonds. The Bertz CT molecular complexity index is 718. The van der Waals surface area contributed by atoms with Crippen LogP contribution in [0.5, 0.6) is 5.75 Å². The van der Waals surface area contributed by atoms with E-state index in [1.165, 1.54) is 0 Å². The van der Waals surface area contributed by atoms with E-state index < -0.39 is 0 Å². The standard InChI is InChI=1S/C17H19N3O2/c1-10-5-6-13(9-15(10)22-4)16(18)20-17(21)14-7-11(2)19-12(3)8-14/h5-9H,1-4H3,(H2,18,20,21). The Morgan fingerprint density at radius 1 is 1.09 bits per heavy atom. The van der Waals surface area contributed by atoms with Crippen LogP contribution in [0, 0.1) is 26.2 Å². The minimum atomic E-state index is -0.321. The number of hydrogen-bond acceptors (Lipinski definition) is 4. The van der Waals surface area contributed by atoms with Crippen LogP contribution in [0.3, 0.4) is 0 Å². The average molecular weight is 297 g/mol. The number of hydrogen-bond donors (Lipinski definition) is 2. The van der Waals surface area contributed by atoms with Crippen LogP contribution in [0.15, 0.2) is 30.3 Å². The molecule has 1 aromatic carbocycles. The predicted molar refractivity (Wildman–Crippen MR) is 85.7 cm³/mol. The number of aryl methyl sites for hydroxylation is 3. The van der Waals surface area contributed by atoms with Crippen molar-refractivity contribution in [3.05, 3.63) is 58.4 Å². The van der Waals surface area contributed by atoms with Crippen molar-refractivity contribution < 1.29 is 9.53 Å². The summed E-state index contributed by atoms with van der Waals surface area (Å²) in [5.41, 5.74) is 3.61. The summed E-state index contributed by atoms with van der Waals surface area (Å²) in [4.78, 5) is 16.5. The molecule has 0 atom stereocenters. The van der Waals surface area contributed by atoms with E-state index in [1.54, 1.807) is 31.4 Å². The third-order valence-corrected chi connectivity index (χ3v) is 3.28. The van der Waals surface area contributed by atoms with E-state index >= 15 is 0 Å². The minimum Gasteiger partial charge on any atom is -0.496 e. The molecule has 22 heavy (non-hydrogen) atoms.